The number of piperidine rings is 1. The fourth-order valence-electron chi connectivity index (χ4n) is 3.25. The molecule has 1 unspecified atom stereocenters. The third-order valence-electron chi connectivity index (χ3n) is 4.86. The Hall–Kier alpha value is -3.33. The number of hydrogen-bond donors (Lipinski definition) is 1. The van der Waals surface area contributed by atoms with E-state index in [0.29, 0.717) is 37.2 Å². The Balaban J connectivity index is 1.48. The van der Waals surface area contributed by atoms with Crippen molar-refractivity contribution in [2.24, 2.45) is 5.92 Å². The molecule has 0 radical (unpaired) electrons. The van der Waals surface area contributed by atoms with Crippen LogP contribution in [-0.4, -0.2) is 35.9 Å². The quantitative estimate of drug-likeness (QED) is 0.867. The molecule has 1 atom stereocenters. The van der Waals surface area contributed by atoms with Crippen LogP contribution in [0.1, 0.15) is 25.3 Å². The van der Waals surface area contributed by atoms with Gasteiger partial charge in [-0.3, -0.25) is 9.59 Å². The molecule has 2 amide bonds. The summed E-state index contributed by atoms with van der Waals surface area (Å²) in [6, 6.07) is 18.1. The van der Waals surface area contributed by atoms with E-state index < -0.39 is 6.10 Å². The molecule has 6 heteroatoms. The second-order valence-electron chi connectivity index (χ2n) is 6.85. The van der Waals surface area contributed by atoms with Gasteiger partial charge in [-0.15, -0.1) is 0 Å². The zero-order valence-electron chi connectivity index (χ0n) is 15.8. The second-order valence-corrected chi connectivity index (χ2v) is 6.85. The van der Waals surface area contributed by atoms with Crippen LogP contribution >= 0.6 is 0 Å². The van der Waals surface area contributed by atoms with Crippen LogP contribution in [0.25, 0.3) is 0 Å². The predicted octanol–water partition coefficient (Wildman–Crippen LogP) is 3.20. The molecule has 0 aliphatic carbocycles. The van der Waals surface area contributed by atoms with Gasteiger partial charge in [0.05, 0.1) is 11.6 Å². The van der Waals surface area contributed by atoms with Gasteiger partial charge in [0.25, 0.3) is 5.91 Å². The first-order chi connectivity index (χ1) is 13.6. The maximum Gasteiger partial charge on any atom is 0.263 e. The molecule has 0 bridgehead atoms. The number of rotatable bonds is 5. The van der Waals surface area contributed by atoms with Gasteiger partial charge in [0.1, 0.15) is 5.75 Å². The van der Waals surface area contributed by atoms with Crippen LogP contribution in [0.4, 0.5) is 5.69 Å². The van der Waals surface area contributed by atoms with Crippen LogP contribution in [0.2, 0.25) is 0 Å². The van der Waals surface area contributed by atoms with E-state index in [-0.39, 0.29) is 17.7 Å². The number of anilines is 1. The first kappa shape index (κ1) is 19.4. The zero-order valence-corrected chi connectivity index (χ0v) is 15.8. The molecule has 0 spiro atoms. The molecule has 28 heavy (non-hydrogen) atoms. The maximum atomic E-state index is 12.6. The number of ether oxygens (including phenoxy) is 1. The van der Waals surface area contributed by atoms with Crippen LogP contribution in [-0.2, 0) is 9.59 Å². The third-order valence-corrected chi connectivity index (χ3v) is 4.86. The first-order valence-electron chi connectivity index (χ1n) is 9.38. The van der Waals surface area contributed by atoms with Crippen LogP contribution in [0.5, 0.6) is 5.75 Å². The standard InChI is InChI=1S/C22H23N3O3/c1-16(28-20-9-7-17(15-23)8-10-20)22(27)25-13-11-18(12-14-25)21(26)24-19-5-3-2-4-6-19/h2-10,16,18H,11-14H2,1H3,(H,24,26). The number of carbonyl (C=O) groups excluding carboxylic acids is 2. The summed E-state index contributed by atoms with van der Waals surface area (Å²) in [5.74, 6) is 0.363. The fraction of sp³-hybridized carbons (Fsp3) is 0.318. The largest absolute Gasteiger partial charge is 0.481 e. The van der Waals surface area contributed by atoms with Crippen molar-refractivity contribution in [3.8, 4) is 11.8 Å². The number of likely N-dealkylation sites (tertiary alicyclic amines) is 1. The summed E-state index contributed by atoms with van der Waals surface area (Å²) in [4.78, 5) is 26.8. The summed E-state index contributed by atoms with van der Waals surface area (Å²) in [7, 11) is 0. The molecule has 6 nitrogen and oxygen atoms in total. The molecule has 3 rings (SSSR count). The van der Waals surface area contributed by atoms with Crippen LogP contribution in [0, 0.1) is 17.2 Å². The van der Waals surface area contributed by atoms with E-state index in [1.54, 1.807) is 36.1 Å². The van der Waals surface area contributed by atoms with Crippen molar-refractivity contribution in [3.63, 3.8) is 0 Å². The van der Waals surface area contributed by atoms with E-state index in [1.165, 1.54) is 0 Å². The molecule has 1 fully saturated rings. The van der Waals surface area contributed by atoms with E-state index in [2.05, 4.69) is 5.32 Å². The van der Waals surface area contributed by atoms with Crippen molar-refractivity contribution < 1.29 is 14.3 Å². The zero-order chi connectivity index (χ0) is 19.9. The summed E-state index contributed by atoms with van der Waals surface area (Å²) in [5.41, 5.74) is 1.33. The summed E-state index contributed by atoms with van der Waals surface area (Å²) in [6.45, 7) is 2.79. The number of para-hydroxylation sites is 1. The highest BCUT2D eigenvalue weighted by atomic mass is 16.5. The predicted molar refractivity (Wildman–Crippen MR) is 106 cm³/mol. The minimum atomic E-state index is -0.623. The number of benzene rings is 2. The van der Waals surface area contributed by atoms with E-state index >= 15 is 0 Å². The smallest absolute Gasteiger partial charge is 0.263 e. The monoisotopic (exact) mass is 377 g/mol. The number of nitrogens with one attached hydrogen (secondary N) is 1. The van der Waals surface area contributed by atoms with Gasteiger partial charge in [0, 0.05) is 24.7 Å². The van der Waals surface area contributed by atoms with Gasteiger partial charge in [0.15, 0.2) is 6.10 Å². The summed E-state index contributed by atoms with van der Waals surface area (Å²) < 4.78 is 5.70. The van der Waals surface area contributed by atoms with Gasteiger partial charge >= 0.3 is 0 Å². The van der Waals surface area contributed by atoms with E-state index in [0.717, 1.165) is 5.69 Å². The number of nitriles is 1. The first-order valence-corrected chi connectivity index (χ1v) is 9.38. The third kappa shape index (κ3) is 4.89. The number of hydrogen-bond acceptors (Lipinski definition) is 4. The fourth-order valence-corrected chi connectivity index (χ4v) is 3.25. The van der Waals surface area contributed by atoms with Crippen molar-refractivity contribution in [1.29, 1.82) is 5.26 Å². The van der Waals surface area contributed by atoms with Crippen molar-refractivity contribution in [2.45, 2.75) is 25.9 Å². The van der Waals surface area contributed by atoms with E-state index in [9.17, 15) is 9.59 Å². The molecule has 144 valence electrons. The lowest BCUT2D eigenvalue weighted by molar-refractivity contribution is -0.140. The lowest BCUT2D eigenvalue weighted by atomic mass is 9.95. The minimum Gasteiger partial charge on any atom is -0.481 e. The Morgan fingerprint density at radius 1 is 1.11 bits per heavy atom. The molecule has 1 N–H and O–H groups in total. The lowest BCUT2D eigenvalue weighted by Crippen LogP contribution is -2.46. The number of nitrogens with zero attached hydrogens (tertiary/aromatic N) is 2. The summed E-state index contributed by atoms with van der Waals surface area (Å²) in [6.07, 6.45) is 0.643. The van der Waals surface area contributed by atoms with Crippen LogP contribution < -0.4 is 10.1 Å². The lowest BCUT2D eigenvalue weighted by Gasteiger charge is -2.33. The topological polar surface area (TPSA) is 82.4 Å². The average molecular weight is 377 g/mol. The normalized spacial score (nSPS) is 15.4. The maximum absolute atomic E-state index is 12.6. The van der Waals surface area contributed by atoms with Gasteiger partial charge in [0.2, 0.25) is 5.91 Å². The Morgan fingerprint density at radius 3 is 2.36 bits per heavy atom. The van der Waals surface area contributed by atoms with Gasteiger partial charge in [-0.2, -0.15) is 5.26 Å². The van der Waals surface area contributed by atoms with Crippen LogP contribution in [0.3, 0.4) is 0 Å². The molecule has 0 saturated carbocycles. The Labute approximate surface area is 164 Å². The van der Waals surface area contributed by atoms with E-state index in [4.69, 9.17) is 10.00 Å². The summed E-state index contributed by atoms with van der Waals surface area (Å²) >= 11 is 0. The van der Waals surface area contributed by atoms with Gasteiger partial charge in [-0.1, -0.05) is 18.2 Å². The van der Waals surface area contributed by atoms with Crippen molar-refractivity contribution in [3.05, 3.63) is 60.2 Å². The number of carbonyl (C=O) groups is 2. The highest BCUT2D eigenvalue weighted by Crippen LogP contribution is 2.21. The SMILES string of the molecule is CC(Oc1ccc(C#N)cc1)C(=O)N1CCC(C(=O)Nc2ccccc2)CC1. The number of amides is 2. The molecule has 1 heterocycles. The summed E-state index contributed by atoms with van der Waals surface area (Å²) in [5, 5.41) is 11.8. The van der Waals surface area contributed by atoms with Gasteiger partial charge < -0.3 is 15.0 Å². The molecule has 1 saturated heterocycles. The van der Waals surface area contributed by atoms with Crippen molar-refractivity contribution in [1.82, 2.24) is 4.90 Å². The molecule has 2 aromatic rings. The second kappa shape index (κ2) is 9.05. The Bertz CT molecular complexity index is 851. The highest BCUT2D eigenvalue weighted by Gasteiger charge is 2.30. The molecular formula is C22H23N3O3. The van der Waals surface area contributed by atoms with Crippen molar-refractivity contribution >= 4 is 17.5 Å². The van der Waals surface area contributed by atoms with Crippen molar-refractivity contribution in [2.75, 3.05) is 18.4 Å². The van der Waals surface area contributed by atoms with Gasteiger partial charge in [-0.25, -0.2) is 0 Å². The highest BCUT2D eigenvalue weighted by molar-refractivity contribution is 5.92. The average Bonchev–Trinajstić information content (AvgIpc) is 2.74. The Morgan fingerprint density at radius 2 is 1.75 bits per heavy atom. The molecule has 0 aromatic heterocycles. The van der Waals surface area contributed by atoms with Crippen LogP contribution in [0.15, 0.2) is 54.6 Å². The molecule has 2 aromatic carbocycles. The molecule has 1 aliphatic heterocycles. The molecular weight excluding hydrogens is 354 g/mol. The van der Waals surface area contributed by atoms with E-state index in [1.807, 2.05) is 36.4 Å². The Kier molecular flexibility index (Phi) is 6.28. The minimum absolute atomic E-state index is 0.000167. The van der Waals surface area contributed by atoms with Gasteiger partial charge in [-0.05, 0) is 56.2 Å². The molecule has 1 aliphatic rings.